The molecule has 1 aliphatic rings. The Morgan fingerprint density at radius 2 is 1.89 bits per heavy atom. The van der Waals surface area contributed by atoms with Crippen LogP contribution in [0.2, 0.25) is 0 Å². The number of benzene rings is 1. The Hall–Kier alpha value is -4.03. The molecule has 184 valence electrons. The van der Waals surface area contributed by atoms with Crippen LogP contribution >= 0.6 is 0 Å². The van der Waals surface area contributed by atoms with Gasteiger partial charge in [0.25, 0.3) is 0 Å². The highest BCUT2D eigenvalue weighted by Crippen LogP contribution is 2.28. The molecule has 0 amide bonds. The van der Waals surface area contributed by atoms with Gasteiger partial charge in [0.05, 0.1) is 17.8 Å². The zero-order valence-corrected chi connectivity index (χ0v) is 21.0. The van der Waals surface area contributed by atoms with Crippen molar-refractivity contribution in [2.45, 2.75) is 20.3 Å². The Bertz CT molecular complexity index is 1420. The van der Waals surface area contributed by atoms with E-state index in [0.717, 1.165) is 73.0 Å². The lowest BCUT2D eigenvalue weighted by molar-refractivity contribution is 0.224. The van der Waals surface area contributed by atoms with Gasteiger partial charge in [0.1, 0.15) is 23.2 Å². The molecule has 4 heterocycles. The topological polar surface area (TPSA) is 96.0 Å². The summed E-state index contributed by atoms with van der Waals surface area (Å²) in [6.45, 7) is 9.93. The van der Waals surface area contributed by atoms with E-state index in [1.807, 2.05) is 50.5 Å². The lowest BCUT2D eigenvalue weighted by Gasteiger charge is -2.36. The molecular formula is C27H30N8O. The zero-order chi connectivity index (χ0) is 25.1. The van der Waals surface area contributed by atoms with Gasteiger partial charge in [-0.05, 0) is 61.7 Å². The number of nitriles is 1. The van der Waals surface area contributed by atoms with Crippen LogP contribution in [0, 0.1) is 25.2 Å². The minimum absolute atomic E-state index is 0.282. The van der Waals surface area contributed by atoms with E-state index in [1.54, 1.807) is 4.68 Å². The number of ether oxygens (including phenoxy) is 1. The molecule has 9 nitrogen and oxygen atoms in total. The Morgan fingerprint density at radius 3 is 2.64 bits per heavy atom. The predicted octanol–water partition coefficient (Wildman–Crippen LogP) is 3.50. The number of hydrogen-bond donors (Lipinski definition) is 0. The van der Waals surface area contributed by atoms with Crippen molar-refractivity contribution in [2.75, 3.05) is 44.2 Å². The molecule has 0 atom stereocenters. The van der Waals surface area contributed by atoms with Crippen LogP contribution in [0.4, 0.5) is 5.82 Å². The summed E-state index contributed by atoms with van der Waals surface area (Å²) in [5.41, 5.74) is 5.51. The molecular weight excluding hydrogens is 452 g/mol. The van der Waals surface area contributed by atoms with E-state index in [-0.39, 0.29) is 5.69 Å². The molecule has 3 aromatic heterocycles. The summed E-state index contributed by atoms with van der Waals surface area (Å²) in [6, 6.07) is 14.2. The summed E-state index contributed by atoms with van der Waals surface area (Å²) in [4.78, 5) is 13.9. The highest BCUT2D eigenvalue weighted by molar-refractivity contribution is 5.83. The number of anilines is 1. The lowest BCUT2D eigenvalue weighted by atomic mass is 10.1. The number of aryl methyl sites for hydroxylation is 3. The molecule has 1 saturated heterocycles. The maximum Gasteiger partial charge on any atom is 0.170 e. The number of piperazine rings is 1. The molecule has 0 spiro atoms. The van der Waals surface area contributed by atoms with E-state index < -0.39 is 0 Å². The smallest absolute Gasteiger partial charge is 0.170 e. The molecule has 0 N–H and O–H groups in total. The number of pyridine rings is 2. The maximum absolute atomic E-state index is 9.49. The minimum atomic E-state index is 0.282. The van der Waals surface area contributed by atoms with Gasteiger partial charge in [-0.15, -0.1) is 5.10 Å². The largest absolute Gasteiger partial charge is 0.493 e. The van der Waals surface area contributed by atoms with Crippen molar-refractivity contribution >= 4 is 16.9 Å². The van der Waals surface area contributed by atoms with Gasteiger partial charge in [0.15, 0.2) is 5.69 Å². The Labute approximate surface area is 210 Å². The molecule has 5 rings (SSSR count). The minimum Gasteiger partial charge on any atom is -0.493 e. The van der Waals surface area contributed by atoms with Crippen LogP contribution in [0.15, 0.2) is 42.6 Å². The lowest BCUT2D eigenvalue weighted by Crippen LogP contribution is -2.47. The second-order valence-corrected chi connectivity index (χ2v) is 9.20. The van der Waals surface area contributed by atoms with E-state index in [0.29, 0.717) is 12.1 Å². The SMILES string of the molecule is Cc1cc(-c2cc3c(nnn3C)c(C#N)n2)ccc1OCCCN1CCN(c2ncccc2C)CC1. The van der Waals surface area contributed by atoms with Gasteiger partial charge in [-0.25, -0.2) is 14.6 Å². The van der Waals surface area contributed by atoms with E-state index in [4.69, 9.17) is 4.74 Å². The zero-order valence-electron chi connectivity index (χ0n) is 21.0. The standard InChI is InChI=1S/C27H30N8O/c1-19-6-4-9-29-27(19)35-13-11-34(12-14-35)10-5-15-36-25-8-7-21(16-20(25)2)22-17-24-26(23(18-28)30-22)31-32-33(24)3/h4,6-9,16-17H,5,10-15H2,1-3H3. The second kappa shape index (κ2) is 10.3. The van der Waals surface area contributed by atoms with Crippen molar-refractivity contribution < 1.29 is 4.74 Å². The summed E-state index contributed by atoms with van der Waals surface area (Å²) >= 11 is 0. The fourth-order valence-corrected chi connectivity index (χ4v) is 4.69. The van der Waals surface area contributed by atoms with Crippen molar-refractivity contribution in [2.24, 2.45) is 7.05 Å². The molecule has 9 heteroatoms. The summed E-state index contributed by atoms with van der Waals surface area (Å²) in [7, 11) is 1.81. The van der Waals surface area contributed by atoms with E-state index in [9.17, 15) is 5.26 Å². The van der Waals surface area contributed by atoms with Gasteiger partial charge in [-0.3, -0.25) is 4.90 Å². The Balaban J connectivity index is 1.14. The molecule has 4 aromatic rings. The fourth-order valence-electron chi connectivity index (χ4n) is 4.69. The second-order valence-electron chi connectivity index (χ2n) is 9.20. The molecule has 1 aliphatic heterocycles. The van der Waals surface area contributed by atoms with Crippen molar-refractivity contribution in [1.29, 1.82) is 5.26 Å². The molecule has 0 unspecified atom stereocenters. The van der Waals surface area contributed by atoms with Crippen LogP contribution in [0.25, 0.3) is 22.3 Å². The predicted molar refractivity (Wildman–Crippen MR) is 139 cm³/mol. The maximum atomic E-state index is 9.49. The summed E-state index contributed by atoms with van der Waals surface area (Å²) in [5.74, 6) is 1.98. The van der Waals surface area contributed by atoms with Crippen LogP contribution in [0.5, 0.6) is 5.75 Å². The molecule has 0 radical (unpaired) electrons. The summed E-state index contributed by atoms with van der Waals surface area (Å²) in [5, 5.41) is 17.6. The Morgan fingerprint density at radius 1 is 1.06 bits per heavy atom. The first kappa shape index (κ1) is 23.7. The van der Waals surface area contributed by atoms with Crippen molar-refractivity contribution in [3.8, 4) is 23.1 Å². The van der Waals surface area contributed by atoms with Crippen molar-refractivity contribution in [1.82, 2.24) is 29.9 Å². The van der Waals surface area contributed by atoms with Gasteiger partial charge in [0.2, 0.25) is 0 Å². The first-order valence-electron chi connectivity index (χ1n) is 12.3. The summed E-state index contributed by atoms with van der Waals surface area (Å²) in [6.07, 6.45) is 2.85. The third-order valence-corrected chi connectivity index (χ3v) is 6.71. The monoisotopic (exact) mass is 482 g/mol. The van der Waals surface area contributed by atoms with Gasteiger partial charge >= 0.3 is 0 Å². The first-order valence-corrected chi connectivity index (χ1v) is 12.3. The van der Waals surface area contributed by atoms with Crippen LogP contribution in [0.1, 0.15) is 23.2 Å². The third-order valence-electron chi connectivity index (χ3n) is 6.71. The first-order chi connectivity index (χ1) is 17.5. The number of hydrogen-bond acceptors (Lipinski definition) is 8. The van der Waals surface area contributed by atoms with Gasteiger partial charge < -0.3 is 9.64 Å². The highest BCUT2D eigenvalue weighted by Gasteiger charge is 2.19. The van der Waals surface area contributed by atoms with E-state index in [1.165, 1.54) is 5.56 Å². The van der Waals surface area contributed by atoms with Crippen LogP contribution in [-0.2, 0) is 7.05 Å². The quantitative estimate of drug-likeness (QED) is 0.369. The molecule has 0 saturated carbocycles. The van der Waals surface area contributed by atoms with Crippen molar-refractivity contribution in [3.63, 3.8) is 0 Å². The number of fused-ring (bicyclic) bond motifs is 1. The molecule has 1 fully saturated rings. The van der Waals surface area contributed by atoms with E-state index >= 15 is 0 Å². The molecule has 1 aromatic carbocycles. The number of aromatic nitrogens is 5. The average Bonchev–Trinajstić information content (AvgIpc) is 3.28. The van der Waals surface area contributed by atoms with Crippen LogP contribution in [0.3, 0.4) is 0 Å². The van der Waals surface area contributed by atoms with Crippen LogP contribution < -0.4 is 9.64 Å². The molecule has 0 bridgehead atoms. The normalized spacial score (nSPS) is 14.2. The van der Waals surface area contributed by atoms with Crippen molar-refractivity contribution in [3.05, 3.63) is 59.4 Å². The number of rotatable bonds is 7. The van der Waals surface area contributed by atoms with Crippen LogP contribution in [-0.4, -0.2) is 69.2 Å². The summed E-state index contributed by atoms with van der Waals surface area (Å²) < 4.78 is 7.76. The van der Waals surface area contributed by atoms with Gasteiger partial charge in [-0.2, -0.15) is 5.26 Å². The Kier molecular flexibility index (Phi) is 6.78. The van der Waals surface area contributed by atoms with Gasteiger partial charge in [-0.1, -0.05) is 11.3 Å². The van der Waals surface area contributed by atoms with Gasteiger partial charge in [0, 0.05) is 51.5 Å². The molecule has 36 heavy (non-hydrogen) atoms. The molecule has 0 aliphatic carbocycles. The third kappa shape index (κ3) is 4.86. The fraction of sp³-hybridized carbons (Fsp3) is 0.370. The van der Waals surface area contributed by atoms with E-state index in [2.05, 4.69) is 49.1 Å². The average molecular weight is 483 g/mol. The highest BCUT2D eigenvalue weighted by atomic mass is 16.5. The number of nitrogens with zero attached hydrogens (tertiary/aromatic N) is 8.